The van der Waals surface area contributed by atoms with Crippen LogP contribution in [0, 0.1) is 13.8 Å². The Morgan fingerprint density at radius 2 is 0.833 bits per heavy atom. The molecule has 0 fully saturated rings. The van der Waals surface area contributed by atoms with Crippen molar-refractivity contribution >= 4 is 23.2 Å². The molecule has 0 heterocycles. The second-order valence-electron chi connectivity index (χ2n) is 8.16. The lowest BCUT2D eigenvalue weighted by Crippen LogP contribution is -2.11. The van der Waals surface area contributed by atoms with Crippen molar-refractivity contribution in [1.82, 2.24) is 0 Å². The number of unbranched alkanes of at least 4 members (excludes halogenated alkanes) is 7. The predicted molar refractivity (Wildman–Crippen MR) is 126 cm³/mol. The van der Waals surface area contributed by atoms with Crippen molar-refractivity contribution in [2.75, 3.05) is 10.6 Å². The lowest BCUT2D eigenvalue weighted by molar-refractivity contribution is -0.117. The summed E-state index contributed by atoms with van der Waals surface area (Å²) in [6.45, 7) is 4.07. The molecule has 0 unspecified atom stereocenters. The summed E-state index contributed by atoms with van der Waals surface area (Å²) in [5.41, 5.74) is 4.13. The van der Waals surface area contributed by atoms with Crippen molar-refractivity contribution < 1.29 is 9.59 Å². The molecule has 0 atom stereocenters. The van der Waals surface area contributed by atoms with Crippen LogP contribution in [0.2, 0.25) is 0 Å². The summed E-state index contributed by atoms with van der Waals surface area (Å²) in [7, 11) is 0. The molecule has 2 aromatic carbocycles. The van der Waals surface area contributed by atoms with Gasteiger partial charge in [-0.15, -0.1) is 0 Å². The van der Waals surface area contributed by atoms with E-state index in [1.54, 1.807) is 0 Å². The minimum Gasteiger partial charge on any atom is -0.326 e. The first-order valence-corrected chi connectivity index (χ1v) is 11.3. The molecule has 0 radical (unpaired) electrons. The Labute approximate surface area is 181 Å². The molecule has 0 bridgehead atoms. The Morgan fingerprint density at radius 1 is 0.533 bits per heavy atom. The summed E-state index contributed by atoms with van der Waals surface area (Å²) in [5.74, 6) is 0.200. The van der Waals surface area contributed by atoms with Crippen LogP contribution in [0.15, 0.2) is 48.5 Å². The summed E-state index contributed by atoms with van der Waals surface area (Å²) >= 11 is 0. The van der Waals surface area contributed by atoms with E-state index in [0.29, 0.717) is 12.8 Å². The monoisotopic (exact) mass is 408 g/mol. The number of hydrogen-bond acceptors (Lipinski definition) is 2. The second kappa shape index (κ2) is 13.6. The average molecular weight is 409 g/mol. The zero-order chi connectivity index (χ0) is 21.6. The van der Waals surface area contributed by atoms with E-state index in [1.165, 1.54) is 36.8 Å². The van der Waals surface area contributed by atoms with Gasteiger partial charge >= 0.3 is 0 Å². The standard InChI is InChI=1S/C26H36N2O2/c1-21-13-17-23(18-14-21)27-25(29)11-9-7-5-3-4-6-8-10-12-26(30)28-24-19-15-22(2)16-20-24/h13-20H,3-12H2,1-2H3,(H,27,29)(H,28,30). The topological polar surface area (TPSA) is 58.2 Å². The van der Waals surface area contributed by atoms with E-state index in [0.717, 1.165) is 37.1 Å². The van der Waals surface area contributed by atoms with Crippen LogP contribution in [-0.2, 0) is 9.59 Å². The summed E-state index contributed by atoms with van der Waals surface area (Å²) < 4.78 is 0. The van der Waals surface area contributed by atoms with Gasteiger partial charge in [0.1, 0.15) is 0 Å². The average Bonchev–Trinajstić information content (AvgIpc) is 2.73. The molecule has 0 spiro atoms. The summed E-state index contributed by atoms with van der Waals surface area (Å²) in [6, 6.07) is 15.8. The van der Waals surface area contributed by atoms with E-state index >= 15 is 0 Å². The summed E-state index contributed by atoms with van der Waals surface area (Å²) in [6.07, 6.45) is 10.0. The van der Waals surface area contributed by atoms with Gasteiger partial charge in [0.05, 0.1) is 0 Å². The van der Waals surface area contributed by atoms with Crippen LogP contribution < -0.4 is 10.6 Å². The number of amides is 2. The molecular formula is C26H36N2O2. The number of aryl methyl sites for hydroxylation is 2. The highest BCUT2D eigenvalue weighted by Crippen LogP contribution is 2.14. The van der Waals surface area contributed by atoms with Crippen LogP contribution in [0.25, 0.3) is 0 Å². The van der Waals surface area contributed by atoms with E-state index in [2.05, 4.69) is 10.6 Å². The lowest BCUT2D eigenvalue weighted by Gasteiger charge is -2.06. The quantitative estimate of drug-likeness (QED) is 0.359. The number of hydrogen-bond donors (Lipinski definition) is 2. The molecule has 2 amide bonds. The zero-order valence-corrected chi connectivity index (χ0v) is 18.5. The van der Waals surface area contributed by atoms with Crippen molar-refractivity contribution in [2.24, 2.45) is 0 Å². The molecule has 4 nitrogen and oxygen atoms in total. The molecule has 0 saturated heterocycles. The van der Waals surface area contributed by atoms with Crippen LogP contribution in [0.5, 0.6) is 0 Å². The van der Waals surface area contributed by atoms with E-state index in [1.807, 2.05) is 62.4 Å². The summed E-state index contributed by atoms with van der Waals surface area (Å²) in [4.78, 5) is 23.9. The van der Waals surface area contributed by atoms with Crippen molar-refractivity contribution in [2.45, 2.75) is 78.1 Å². The minimum atomic E-state index is 0.0998. The van der Waals surface area contributed by atoms with Gasteiger partial charge in [0.15, 0.2) is 0 Å². The molecule has 0 saturated carbocycles. The highest BCUT2D eigenvalue weighted by atomic mass is 16.2. The highest BCUT2D eigenvalue weighted by Gasteiger charge is 2.03. The molecule has 30 heavy (non-hydrogen) atoms. The fourth-order valence-corrected chi connectivity index (χ4v) is 3.35. The largest absolute Gasteiger partial charge is 0.326 e. The van der Waals surface area contributed by atoms with Crippen molar-refractivity contribution in [3.05, 3.63) is 59.7 Å². The lowest BCUT2D eigenvalue weighted by atomic mass is 10.1. The smallest absolute Gasteiger partial charge is 0.224 e. The van der Waals surface area contributed by atoms with Gasteiger partial charge in [-0.05, 0) is 51.0 Å². The van der Waals surface area contributed by atoms with Gasteiger partial charge in [-0.25, -0.2) is 0 Å². The van der Waals surface area contributed by atoms with E-state index in [4.69, 9.17) is 0 Å². The Balaban J connectivity index is 1.40. The third-order valence-electron chi connectivity index (χ3n) is 5.23. The molecule has 4 heteroatoms. The SMILES string of the molecule is Cc1ccc(NC(=O)CCCCCCCCCCC(=O)Nc2ccc(C)cc2)cc1. The predicted octanol–water partition coefficient (Wildman–Crippen LogP) is 6.78. The maximum atomic E-state index is 11.9. The third-order valence-corrected chi connectivity index (χ3v) is 5.23. The number of nitrogens with one attached hydrogen (secondary N) is 2. The van der Waals surface area contributed by atoms with Gasteiger partial charge < -0.3 is 10.6 Å². The van der Waals surface area contributed by atoms with Crippen LogP contribution >= 0.6 is 0 Å². The first kappa shape index (κ1) is 23.7. The van der Waals surface area contributed by atoms with E-state index in [9.17, 15) is 9.59 Å². The molecule has 0 aliphatic carbocycles. The Bertz CT molecular complexity index is 699. The first-order valence-electron chi connectivity index (χ1n) is 11.3. The second-order valence-corrected chi connectivity index (χ2v) is 8.16. The number of anilines is 2. The number of carbonyl (C=O) groups is 2. The Morgan fingerprint density at radius 3 is 1.17 bits per heavy atom. The Hall–Kier alpha value is -2.62. The van der Waals surface area contributed by atoms with Crippen LogP contribution in [0.3, 0.4) is 0 Å². The van der Waals surface area contributed by atoms with E-state index in [-0.39, 0.29) is 11.8 Å². The van der Waals surface area contributed by atoms with Crippen LogP contribution in [-0.4, -0.2) is 11.8 Å². The number of benzene rings is 2. The molecule has 2 aromatic rings. The molecule has 0 aliphatic rings. The molecular weight excluding hydrogens is 372 g/mol. The van der Waals surface area contributed by atoms with Crippen LogP contribution in [0.1, 0.15) is 75.3 Å². The molecule has 162 valence electrons. The van der Waals surface area contributed by atoms with Gasteiger partial charge in [0.25, 0.3) is 0 Å². The van der Waals surface area contributed by atoms with Crippen molar-refractivity contribution in [1.29, 1.82) is 0 Å². The maximum Gasteiger partial charge on any atom is 0.224 e. The van der Waals surface area contributed by atoms with Gasteiger partial charge in [-0.2, -0.15) is 0 Å². The van der Waals surface area contributed by atoms with Gasteiger partial charge in [0, 0.05) is 24.2 Å². The minimum absolute atomic E-state index is 0.0998. The van der Waals surface area contributed by atoms with Crippen LogP contribution in [0.4, 0.5) is 11.4 Å². The first-order chi connectivity index (χ1) is 14.5. The molecule has 0 aromatic heterocycles. The van der Waals surface area contributed by atoms with Gasteiger partial charge in [0.2, 0.25) is 11.8 Å². The molecule has 2 N–H and O–H groups in total. The fourth-order valence-electron chi connectivity index (χ4n) is 3.35. The van der Waals surface area contributed by atoms with Gasteiger partial charge in [-0.1, -0.05) is 73.9 Å². The zero-order valence-electron chi connectivity index (χ0n) is 18.5. The third kappa shape index (κ3) is 10.2. The van der Waals surface area contributed by atoms with Crippen molar-refractivity contribution in [3.8, 4) is 0 Å². The maximum absolute atomic E-state index is 11.9. The van der Waals surface area contributed by atoms with Crippen molar-refractivity contribution in [3.63, 3.8) is 0 Å². The Kier molecular flexibility index (Phi) is 10.7. The number of carbonyl (C=O) groups excluding carboxylic acids is 2. The normalized spacial score (nSPS) is 10.6. The molecule has 0 aliphatic heterocycles. The highest BCUT2D eigenvalue weighted by molar-refractivity contribution is 5.91. The van der Waals surface area contributed by atoms with Gasteiger partial charge in [-0.3, -0.25) is 9.59 Å². The molecule has 2 rings (SSSR count). The fraction of sp³-hybridized carbons (Fsp3) is 0.462. The van der Waals surface area contributed by atoms with E-state index < -0.39 is 0 Å². The number of rotatable bonds is 13. The summed E-state index contributed by atoms with van der Waals surface area (Å²) in [5, 5.41) is 5.90.